The number of benzene rings is 2. The van der Waals surface area contributed by atoms with Crippen LogP contribution in [0.3, 0.4) is 0 Å². The molecule has 0 spiro atoms. The minimum absolute atomic E-state index is 0.00604. The second kappa shape index (κ2) is 6.85. The lowest BCUT2D eigenvalue weighted by Crippen LogP contribution is -2.36. The number of carbonyl (C=O) groups is 1. The van der Waals surface area contributed by atoms with E-state index in [0.717, 1.165) is 36.1 Å². The zero-order chi connectivity index (χ0) is 20.1. The molecule has 5 rings (SSSR count). The zero-order valence-corrected chi connectivity index (χ0v) is 16.6. The SMILES string of the molecule is Cc1cc2oc3c(c(=O)c2cc1C)[C@H](c1ccccc1)N(C[C@H]1CCCO1)C3=O. The Morgan fingerprint density at radius 2 is 1.83 bits per heavy atom. The summed E-state index contributed by atoms with van der Waals surface area (Å²) in [5.74, 6) is -0.0702. The molecular formula is C24H23NO4. The van der Waals surface area contributed by atoms with Crippen molar-refractivity contribution in [2.24, 2.45) is 0 Å². The molecule has 0 radical (unpaired) electrons. The van der Waals surface area contributed by atoms with E-state index in [-0.39, 0.29) is 23.2 Å². The predicted molar refractivity (Wildman–Crippen MR) is 110 cm³/mol. The number of aryl methyl sites for hydroxylation is 2. The molecule has 2 aromatic carbocycles. The number of nitrogens with zero attached hydrogens (tertiary/aromatic N) is 1. The summed E-state index contributed by atoms with van der Waals surface area (Å²) in [6.07, 6.45) is 1.91. The van der Waals surface area contributed by atoms with Gasteiger partial charge in [0.05, 0.1) is 23.1 Å². The van der Waals surface area contributed by atoms with Crippen molar-refractivity contribution < 1.29 is 13.9 Å². The molecule has 1 amide bonds. The summed E-state index contributed by atoms with van der Waals surface area (Å²) in [6.45, 7) is 5.12. The molecule has 2 aliphatic heterocycles. The summed E-state index contributed by atoms with van der Waals surface area (Å²) in [7, 11) is 0. The van der Waals surface area contributed by atoms with E-state index in [9.17, 15) is 9.59 Å². The molecule has 29 heavy (non-hydrogen) atoms. The van der Waals surface area contributed by atoms with Crippen LogP contribution in [-0.4, -0.2) is 30.1 Å². The minimum Gasteiger partial charge on any atom is -0.450 e. The van der Waals surface area contributed by atoms with Crippen molar-refractivity contribution in [3.8, 4) is 0 Å². The molecule has 0 bridgehead atoms. The van der Waals surface area contributed by atoms with Crippen LogP contribution in [0.25, 0.3) is 11.0 Å². The topological polar surface area (TPSA) is 59.8 Å². The van der Waals surface area contributed by atoms with E-state index in [1.54, 1.807) is 4.90 Å². The summed E-state index contributed by atoms with van der Waals surface area (Å²) in [5, 5.41) is 0.527. The zero-order valence-electron chi connectivity index (χ0n) is 16.6. The van der Waals surface area contributed by atoms with Gasteiger partial charge in [-0.05, 0) is 55.5 Å². The van der Waals surface area contributed by atoms with Crippen LogP contribution < -0.4 is 5.43 Å². The molecule has 3 heterocycles. The van der Waals surface area contributed by atoms with E-state index in [2.05, 4.69) is 0 Å². The Kier molecular flexibility index (Phi) is 4.28. The molecule has 1 fully saturated rings. The molecule has 148 valence electrons. The van der Waals surface area contributed by atoms with Crippen LogP contribution in [0.2, 0.25) is 0 Å². The highest BCUT2D eigenvalue weighted by Gasteiger charge is 2.43. The first kappa shape index (κ1) is 18.1. The van der Waals surface area contributed by atoms with Crippen molar-refractivity contribution >= 4 is 16.9 Å². The third kappa shape index (κ3) is 2.88. The number of hydrogen-bond acceptors (Lipinski definition) is 4. The Balaban J connectivity index is 1.72. The summed E-state index contributed by atoms with van der Waals surface area (Å²) in [6, 6.07) is 13.0. The number of fused-ring (bicyclic) bond motifs is 2. The molecular weight excluding hydrogens is 366 g/mol. The Morgan fingerprint density at radius 3 is 2.55 bits per heavy atom. The lowest BCUT2D eigenvalue weighted by atomic mass is 9.97. The Labute approximate surface area is 168 Å². The maximum atomic E-state index is 13.5. The molecule has 0 saturated carbocycles. The Hall–Kier alpha value is -2.92. The Bertz CT molecular complexity index is 1160. The average molecular weight is 389 g/mol. The standard InChI is InChI=1S/C24H23NO4/c1-14-11-18-19(12-15(14)2)29-23-20(22(18)26)21(16-7-4-3-5-8-16)25(24(23)27)13-17-9-6-10-28-17/h3-5,7-8,11-12,17,21H,6,9-10,13H2,1-2H3/t17-,21+/m1/s1. The highest BCUT2D eigenvalue weighted by molar-refractivity contribution is 5.99. The van der Waals surface area contributed by atoms with Gasteiger partial charge in [0.1, 0.15) is 5.58 Å². The summed E-state index contributed by atoms with van der Waals surface area (Å²) in [5.41, 5.74) is 3.75. The van der Waals surface area contributed by atoms with Crippen molar-refractivity contribution in [3.63, 3.8) is 0 Å². The average Bonchev–Trinajstić information content (AvgIpc) is 3.32. The van der Waals surface area contributed by atoms with E-state index in [1.807, 2.05) is 56.3 Å². The summed E-state index contributed by atoms with van der Waals surface area (Å²) < 4.78 is 11.8. The number of hydrogen-bond donors (Lipinski definition) is 0. The van der Waals surface area contributed by atoms with E-state index in [4.69, 9.17) is 9.15 Å². The maximum absolute atomic E-state index is 13.5. The van der Waals surface area contributed by atoms with Crippen molar-refractivity contribution in [2.45, 2.75) is 38.8 Å². The van der Waals surface area contributed by atoms with E-state index in [1.165, 1.54) is 0 Å². The van der Waals surface area contributed by atoms with E-state index >= 15 is 0 Å². The maximum Gasteiger partial charge on any atom is 0.291 e. The first-order valence-electron chi connectivity index (χ1n) is 10.1. The van der Waals surface area contributed by atoms with Gasteiger partial charge in [0, 0.05) is 13.2 Å². The smallest absolute Gasteiger partial charge is 0.291 e. The molecule has 1 saturated heterocycles. The minimum atomic E-state index is -0.454. The Morgan fingerprint density at radius 1 is 1.07 bits per heavy atom. The first-order chi connectivity index (χ1) is 14.0. The number of amides is 1. The van der Waals surface area contributed by atoms with Crippen LogP contribution >= 0.6 is 0 Å². The van der Waals surface area contributed by atoms with Crippen LogP contribution in [0.15, 0.2) is 51.7 Å². The normalized spacial score (nSPS) is 21.2. The van der Waals surface area contributed by atoms with Gasteiger partial charge >= 0.3 is 0 Å². The molecule has 1 aromatic heterocycles. The van der Waals surface area contributed by atoms with Crippen LogP contribution in [0.1, 0.15) is 51.7 Å². The van der Waals surface area contributed by atoms with Crippen molar-refractivity contribution in [1.29, 1.82) is 0 Å². The largest absolute Gasteiger partial charge is 0.450 e. The van der Waals surface area contributed by atoms with Crippen LogP contribution in [0, 0.1) is 13.8 Å². The van der Waals surface area contributed by atoms with Gasteiger partial charge in [-0.2, -0.15) is 0 Å². The van der Waals surface area contributed by atoms with Crippen molar-refractivity contribution in [1.82, 2.24) is 4.90 Å². The number of rotatable bonds is 3. The molecule has 2 atom stereocenters. The molecule has 5 nitrogen and oxygen atoms in total. The molecule has 2 aliphatic rings. The first-order valence-corrected chi connectivity index (χ1v) is 10.1. The van der Waals surface area contributed by atoms with Crippen LogP contribution in [-0.2, 0) is 4.74 Å². The van der Waals surface area contributed by atoms with E-state index < -0.39 is 6.04 Å². The van der Waals surface area contributed by atoms with Gasteiger partial charge in [0.25, 0.3) is 5.91 Å². The lowest BCUT2D eigenvalue weighted by Gasteiger charge is -2.27. The predicted octanol–water partition coefficient (Wildman–Crippen LogP) is 4.13. The van der Waals surface area contributed by atoms with Gasteiger partial charge in [0.2, 0.25) is 5.76 Å². The van der Waals surface area contributed by atoms with Crippen LogP contribution in [0.4, 0.5) is 0 Å². The number of carbonyl (C=O) groups excluding carboxylic acids is 1. The van der Waals surface area contributed by atoms with E-state index in [0.29, 0.717) is 23.1 Å². The third-order valence-corrected chi connectivity index (χ3v) is 6.12. The highest BCUT2D eigenvalue weighted by Crippen LogP contribution is 2.39. The highest BCUT2D eigenvalue weighted by atomic mass is 16.5. The lowest BCUT2D eigenvalue weighted by molar-refractivity contribution is 0.0486. The van der Waals surface area contributed by atoms with Gasteiger partial charge in [-0.3, -0.25) is 9.59 Å². The van der Waals surface area contributed by atoms with Gasteiger partial charge in [-0.25, -0.2) is 0 Å². The summed E-state index contributed by atoms with van der Waals surface area (Å²) in [4.78, 5) is 28.6. The third-order valence-electron chi connectivity index (χ3n) is 6.12. The molecule has 3 aromatic rings. The van der Waals surface area contributed by atoms with Gasteiger partial charge < -0.3 is 14.1 Å². The van der Waals surface area contributed by atoms with Gasteiger partial charge in [-0.1, -0.05) is 30.3 Å². The molecule has 0 aliphatic carbocycles. The van der Waals surface area contributed by atoms with Crippen molar-refractivity contribution in [3.05, 3.63) is 80.7 Å². The van der Waals surface area contributed by atoms with Crippen molar-refractivity contribution in [2.75, 3.05) is 13.2 Å². The quantitative estimate of drug-likeness (QED) is 0.676. The van der Waals surface area contributed by atoms with Gasteiger partial charge in [0.15, 0.2) is 5.43 Å². The van der Waals surface area contributed by atoms with Crippen LogP contribution in [0.5, 0.6) is 0 Å². The molecule has 5 heteroatoms. The monoisotopic (exact) mass is 389 g/mol. The second-order valence-electron chi connectivity index (χ2n) is 8.01. The second-order valence-corrected chi connectivity index (χ2v) is 8.01. The fourth-order valence-electron chi connectivity index (χ4n) is 4.45. The number of ether oxygens (including phenoxy) is 1. The summed E-state index contributed by atoms with van der Waals surface area (Å²) >= 11 is 0. The fourth-order valence-corrected chi connectivity index (χ4v) is 4.45. The molecule has 0 N–H and O–H groups in total. The fraction of sp³-hybridized carbons (Fsp3) is 0.333. The molecule has 0 unspecified atom stereocenters. The van der Waals surface area contributed by atoms with Gasteiger partial charge in [-0.15, -0.1) is 0 Å².